The van der Waals surface area contributed by atoms with Gasteiger partial charge in [0, 0.05) is 16.1 Å². The zero-order valence-corrected chi connectivity index (χ0v) is 12.8. The Bertz CT molecular complexity index is 425. The fourth-order valence-electron chi connectivity index (χ4n) is 2.30. The first-order chi connectivity index (χ1) is 8.50. The molecule has 18 heavy (non-hydrogen) atoms. The van der Waals surface area contributed by atoms with Crippen LogP contribution in [0.2, 0.25) is 0 Å². The summed E-state index contributed by atoms with van der Waals surface area (Å²) < 4.78 is 1.01. The maximum atomic E-state index is 12.4. The zero-order valence-electron chi connectivity index (χ0n) is 11.2. The summed E-state index contributed by atoms with van der Waals surface area (Å²) in [4.78, 5) is 14.6. The fraction of sp³-hybridized carbons (Fsp3) is 0.533. The minimum absolute atomic E-state index is 0.0539. The Hall–Kier alpha value is -0.670. The molecule has 1 aromatic carbocycles. The van der Waals surface area contributed by atoms with Gasteiger partial charge in [-0.1, -0.05) is 28.1 Å². The van der Waals surface area contributed by atoms with E-state index in [1.54, 1.807) is 0 Å². The maximum Gasteiger partial charge on any atom is 0.179 e. The van der Waals surface area contributed by atoms with Gasteiger partial charge in [-0.05, 0) is 51.8 Å². The molecule has 98 valence electrons. The number of rotatable bonds is 5. The molecule has 1 aliphatic carbocycles. The van der Waals surface area contributed by atoms with Crippen LogP contribution >= 0.6 is 15.9 Å². The Morgan fingerprint density at radius 2 is 1.83 bits per heavy atom. The Balaban J connectivity index is 2.05. The Labute approximate surface area is 117 Å². The van der Waals surface area contributed by atoms with Crippen LogP contribution in [-0.4, -0.2) is 29.8 Å². The van der Waals surface area contributed by atoms with Crippen molar-refractivity contribution in [3.63, 3.8) is 0 Å². The number of nitrogens with zero attached hydrogens (tertiary/aromatic N) is 1. The highest BCUT2D eigenvalue weighted by Gasteiger charge is 2.33. The molecular weight excluding hydrogens is 290 g/mol. The van der Waals surface area contributed by atoms with Crippen LogP contribution in [0.5, 0.6) is 0 Å². The first-order valence-electron chi connectivity index (χ1n) is 6.52. The molecule has 0 spiro atoms. The normalized spacial score (nSPS) is 18.7. The van der Waals surface area contributed by atoms with E-state index in [4.69, 9.17) is 0 Å². The molecular formula is C15H20BrNO. The van der Waals surface area contributed by atoms with Crippen LogP contribution in [-0.2, 0) is 0 Å². The summed E-state index contributed by atoms with van der Waals surface area (Å²) in [5, 5.41) is 0. The number of Topliss-reactive ketones (excluding diaryl/α,β-unsaturated/α-hetero) is 1. The molecule has 0 bridgehead atoms. The molecule has 0 radical (unpaired) electrons. The average Bonchev–Trinajstić information content (AvgIpc) is 3.20. The number of likely N-dealkylation sites (N-methyl/N-ethyl adjacent to an activating group) is 1. The first-order valence-corrected chi connectivity index (χ1v) is 7.31. The Morgan fingerprint density at radius 1 is 1.28 bits per heavy atom. The van der Waals surface area contributed by atoms with Gasteiger partial charge in [0.2, 0.25) is 0 Å². The van der Waals surface area contributed by atoms with Crippen molar-refractivity contribution in [1.29, 1.82) is 0 Å². The largest absolute Gasteiger partial charge is 0.294 e. The third-order valence-corrected chi connectivity index (χ3v) is 4.59. The van der Waals surface area contributed by atoms with Crippen molar-refractivity contribution >= 4 is 21.7 Å². The molecule has 1 saturated carbocycles. The van der Waals surface area contributed by atoms with Crippen LogP contribution in [0.15, 0.2) is 28.7 Å². The van der Waals surface area contributed by atoms with Crippen molar-refractivity contribution in [2.24, 2.45) is 5.92 Å². The van der Waals surface area contributed by atoms with Crippen LogP contribution in [0, 0.1) is 5.92 Å². The van der Waals surface area contributed by atoms with Gasteiger partial charge in [-0.3, -0.25) is 9.69 Å². The van der Waals surface area contributed by atoms with E-state index >= 15 is 0 Å². The van der Waals surface area contributed by atoms with Crippen molar-refractivity contribution in [3.8, 4) is 0 Å². The van der Waals surface area contributed by atoms with Gasteiger partial charge in [-0.25, -0.2) is 0 Å². The molecule has 0 heterocycles. The third kappa shape index (κ3) is 3.01. The molecule has 1 aliphatic rings. The molecule has 0 amide bonds. The summed E-state index contributed by atoms with van der Waals surface area (Å²) in [6.45, 7) is 4.23. The van der Waals surface area contributed by atoms with E-state index in [2.05, 4.69) is 34.8 Å². The SMILES string of the molecule is CC(C(=O)c1ccc(Br)cc1)N(C)C(C)C1CC1. The lowest BCUT2D eigenvalue weighted by Gasteiger charge is -2.30. The second kappa shape index (κ2) is 5.54. The maximum absolute atomic E-state index is 12.4. The van der Waals surface area contributed by atoms with Gasteiger partial charge in [0.05, 0.1) is 6.04 Å². The van der Waals surface area contributed by atoms with Crippen molar-refractivity contribution in [2.75, 3.05) is 7.05 Å². The lowest BCUT2D eigenvalue weighted by atomic mass is 10.0. The second-order valence-electron chi connectivity index (χ2n) is 5.29. The Kier molecular flexibility index (Phi) is 4.23. The van der Waals surface area contributed by atoms with Gasteiger partial charge in [0.1, 0.15) is 0 Å². The van der Waals surface area contributed by atoms with E-state index in [0.29, 0.717) is 6.04 Å². The first kappa shape index (κ1) is 13.8. The van der Waals surface area contributed by atoms with Gasteiger partial charge < -0.3 is 0 Å². The summed E-state index contributed by atoms with van der Waals surface area (Å²) >= 11 is 3.39. The van der Waals surface area contributed by atoms with Crippen LogP contribution < -0.4 is 0 Å². The summed E-state index contributed by atoms with van der Waals surface area (Å²) in [5.74, 6) is 0.993. The molecule has 1 aromatic rings. The monoisotopic (exact) mass is 309 g/mol. The summed E-state index contributed by atoms with van der Waals surface area (Å²) in [7, 11) is 2.06. The predicted octanol–water partition coefficient (Wildman–Crippen LogP) is 3.75. The lowest BCUT2D eigenvalue weighted by molar-refractivity contribution is 0.0811. The van der Waals surface area contributed by atoms with Gasteiger partial charge in [0.25, 0.3) is 0 Å². The zero-order chi connectivity index (χ0) is 13.3. The number of carbonyl (C=O) groups excluding carboxylic acids is 1. The molecule has 2 atom stereocenters. The van der Waals surface area contributed by atoms with E-state index in [1.807, 2.05) is 31.2 Å². The number of hydrogen-bond donors (Lipinski definition) is 0. The summed E-state index contributed by atoms with van der Waals surface area (Å²) in [6, 6.07) is 8.06. The highest BCUT2D eigenvalue weighted by Crippen LogP contribution is 2.35. The van der Waals surface area contributed by atoms with Gasteiger partial charge in [0.15, 0.2) is 5.78 Å². The number of benzene rings is 1. The smallest absolute Gasteiger partial charge is 0.179 e. The highest BCUT2D eigenvalue weighted by molar-refractivity contribution is 9.10. The molecule has 0 N–H and O–H groups in total. The summed E-state index contributed by atoms with van der Waals surface area (Å²) in [6.07, 6.45) is 2.62. The van der Waals surface area contributed by atoms with Crippen LogP contribution in [0.3, 0.4) is 0 Å². The van der Waals surface area contributed by atoms with E-state index in [0.717, 1.165) is 16.0 Å². The molecule has 1 fully saturated rings. The van der Waals surface area contributed by atoms with E-state index in [1.165, 1.54) is 12.8 Å². The highest BCUT2D eigenvalue weighted by atomic mass is 79.9. The molecule has 2 nitrogen and oxygen atoms in total. The molecule has 0 aliphatic heterocycles. The Morgan fingerprint density at radius 3 is 2.33 bits per heavy atom. The number of halogens is 1. The number of ketones is 1. The lowest BCUT2D eigenvalue weighted by Crippen LogP contribution is -2.42. The van der Waals surface area contributed by atoms with Crippen molar-refractivity contribution in [3.05, 3.63) is 34.3 Å². The van der Waals surface area contributed by atoms with Crippen molar-refractivity contribution in [1.82, 2.24) is 4.90 Å². The van der Waals surface area contributed by atoms with E-state index in [-0.39, 0.29) is 11.8 Å². The molecule has 2 unspecified atom stereocenters. The molecule has 0 saturated heterocycles. The predicted molar refractivity (Wildman–Crippen MR) is 77.9 cm³/mol. The second-order valence-corrected chi connectivity index (χ2v) is 6.21. The molecule has 2 rings (SSSR count). The minimum atomic E-state index is -0.0539. The van der Waals surface area contributed by atoms with Crippen LogP contribution in [0.25, 0.3) is 0 Å². The van der Waals surface area contributed by atoms with Crippen molar-refractivity contribution < 1.29 is 4.79 Å². The molecule has 0 aromatic heterocycles. The van der Waals surface area contributed by atoms with Crippen LogP contribution in [0.4, 0.5) is 0 Å². The topological polar surface area (TPSA) is 20.3 Å². The average molecular weight is 310 g/mol. The van der Waals surface area contributed by atoms with Crippen LogP contribution in [0.1, 0.15) is 37.0 Å². The van der Waals surface area contributed by atoms with Gasteiger partial charge in [-0.15, -0.1) is 0 Å². The third-order valence-electron chi connectivity index (χ3n) is 4.07. The van der Waals surface area contributed by atoms with E-state index < -0.39 is 0 Å². The minimum Gasteiger partial charge on any atom is -0.294 e. The fourth-order valence-corrected chi connectivity index (χ4v) is 2.57. The number of hydrogen-bond acceptors (Lipinski definition) is 2. The number of carbonyl (C=O) groups is 1. The van der Waals surface area contributed by atoms with Gasteiger partial charge in [-0.2, -0.15) is 0 Å². The standard InChI is InChI=1S/C15H20BrNO/c1-10(12-4-5-12)17(3)11(2)15(18)13-6-8-14(16)9-7-13/h6-12H,4-5H2,1-3H3. The van der Waals surface area contributed by atoms with E-state index in [9.17, 15) is 4.79 Å². The molecule has 3 heteroatoms. The summed E-state index contributed by atoms with van der Waals surface area (Å²) in [5.41, 5.74) is 0.792. The van der Waals surface area contributed by atoms with Crippen molar-refractivity contribution in [2.45, 2.75) is 38.8 Å². The quantitative estimate of drug-likeness (QED) is 0.772. The van der Waals surface area contributed by atoms with Gasteiger partial charge >= 0.3 is 0 Å².